The van der Waals surface area contributed by atoms with E-state index < -0.39 is 0 Å². The Kier molecular flexibility index (Phi) is 6.76. The Bertz CT molecular complexity index is 334. The number of rotatable bonds is 2. The minimum atomic E-state index is 0. The summed E-state index contributed by atoms with van der Waals surface area (Å²) in [5.41, 5.74) is 8.39. The first-order valence-electron chi connectivity index (χ1n) is 4.95. The number of nitrogens with two attached hydrogens (primary N) is 1. The van der Waals surface area contributed by atoms with Crippen molar-refractivity contribution in [1.82, 2.24) is 5.32 Å². The molecule has 0 bridgehead atoms. The Morgan fingerprint density at radius 2 is 2.19 bits per heavy atom. The van der Waals surface area contributed by atoms with Crippen LogP contribution in [0.15, 0.2) is 18.2 Å². The van der Waals surface area contributed by atoms with Gasteiger partial charge in [0.25, 0.3) is 0 Å². The molecule has 3 nitrogen and oxygen atoms in total. The molecule has 0 aliphatic carbocycles. The SMILES string of the molecule is COc1ccc2c(c1)C(CN)NCC2.Cl.Cl. The fourth-order valence-corrected chi connectivity index (χ4v) is 1.95. The van der Waals surface area contributed by atoms with Crippen molar-refractivity contribution in [2.45, 2.75) is 12.5 Å². The third-order valence-electron chi connectivity index (χ3n) is 2.75. The van der Waals surface area contributed by atoms with Crippen LogP contribution < -0.4 is 15.8 Å². The van der Waals surface area contributed by atoms with Gasteiger partial charge in [-0.25, -0.2) is 0 Å². The van der Waals surface area contributed by atoms with Crippen molar-refractivity contribution in [3.8, 4) is 5.75 Å². The third kappa shape index (κ3) is 3.01. The maximum Gasteiger partial charge on any atom is 0.119 e. The zero-order chi connectivity index (χ0) is 9.97. The lowest BCUT2D eigenvalue weighted by atomic mass is 9.94. The number of hydrogen-bond acceptors (Lipinski definition) is 3. The monoisotopic (exact) mass is 264 g/mol. The van der Waals surface area contributed by atoms with Crippen LogP contribution in [0.5, 0.6) is 5.75 Å². The van der Waals surface area contributed by atoms with Crippen LogP contribution in [0.2, 0.25) is 0 Å². The largest absolute Gasteiger partial charge is 0.497 e. The van der Waals surface area contributed by atoms with E-state index in [1.807, 2.05) is 6.07 Å². The first-order valence-corrected chi connectivity index (χ1v) is 4.95. The van der Waals surface area contributed by atoms with Gasteiger partial charge in [-0.1, -0.05) is 6.07 Å². The van der Waals surface area contributed by atoms with Crippen LogP contribution in [-0.2, 0) is 6.42 Å². The summed E-state index contributed by atoms with van der Waals surface area (Å²) < 4.78 is 5.20. The van der Waals surface area contributed by atoms with Gasteiger partial charge in [0, 0.05) is 12.6 Å². The predicted octanol–water partition coefficient (Wildman–Crippen LogP) is 1.68. The molecule has 1 aliphatic heterocycles. The molecule has 1 unspecified atom stereocenters. The standard InChI is InChI=1S/C11H16N2O.2ClH/c1-14-9-3-2-8-4-5-13-11(7-12)10(8)6-9;;/h2-3,6,11,13H,4-5,7,12H2,1H3;2*1H. The average Bonchev–Trinajstić information content (AvgIpc) is 2.27. The van der Waals surface area contributed by atoms with Crippen molar-refractivity contribution < 1.29 is 4.74 Å². The van der Waals surface area contributed by atoms with Gasteiger partial charge in [0.05, 0.1) is 7.11 Å². The van der Waals surface area contributed by atoms with Gasteiger partial charge >= 0.3 is 0 Å². The van der Waals surface area contributed by atoms with Crippen molar-refractivity contribution in [3.63, 3.8) is 0 Å². The van der Waals surface area contributed by atoms with E-state index in [9.17, 15) is 0 Å². The first-order chi connectivity index (χ1) is 6.85. The number of fused-ring (bicyclic) bond motifs is 1. The first kappa shape index (κ1) is 15.5. The van der Waals surface area contributed by atoms with E-state index in [0.717, 1.165) is 18.7 Å². The second-order valence-electron chi connectivity index (χ2n) is 3.56. The molecule has 1 atom stereocenters. The topological polar surface area (TPSA) is 47.3 Å². The zero-order valence-corrected chi connectivity index (χ0v) is 10.9. The maximum absolute atomic E-state index is 5.71. The highest BCUT2D eigenvalue weighted by molar-refractivity contribution is 5.85. The van der Waals surface area contributed by atoms with Gasteiger partial charge < -0.3 is 15.8 Å². The highest BCUT2D eigenvalue weighted by Crippen LogP contribution is 2.26. The molecular weight excluding hydrogens is 247 g/mol. The summed E-state index contributed by atoms with van der Waals surface area (Å²) in [7, 11) is 1.69. The lowest BCUT2D eigenvalue weighted by Gasteiger charge is -2.26. The van der Waals surface area contributed by atoms with Crippen molar-refractivity contribution in [3.05, 3.63) is 29.3 Å². The normalized spacial score (nSPS) is 17.8. The molecule has 5 heteroatoms. The van der Waals surface area contributed by atoms with Gasteiger partial charge in [0.1, 0.15) is 5.75 Å². The lowest BCUT2D eigenvalue weighted by molar-refractivity contribution is 0.411. The third-order valence-corrected chi connectivity index (χ3v) is 2.75. The van der Waals surface area contributed by atoms with Gasteiger partial charge in [-0.3, -0.25) is 0 Å². The molecule has 1 aliphatic rings. The Balaban J connectivity index is 0.00000112. The Labute approximate surface area is 109 Å². The molecule has 0 spiro atoms. The van der Waals surface area contributed by atoms with Gasteiger partial charge in [-0.2, -0.15) is 0 Å². The van der Waals surface area contributed by atoms with E-state index in [0.29, 0.717) is 6.54 Å². The number of nitrogens with one attached hydrogen (secondary N) is 1. The molecule has 0 aromatic heterocycles. The Morgan fingerprint density at radius 1 is 1.44 bits per heavy atom. The molecule has 0 saturated heterocycles. The van der Waals surface area contributed by atoms with Crippen LogP contribution >= 0.6 is 24.8 Å². The number of ether oxygens (including phenoxy) is 1. The van der Waals surface area contributed by atoms with Gasteiger partial charge in [-0.15, -0.1) is 24.8 Å². The van der Waals surface area contributed by atoms with Crippen LogP contribution in [0.1, 0.15) is 17.2 Å². The maximum atomic E-state index is 5.71. The fraction of sp³-hybridized carbons (Fsp3) is 0.455. The van der Waals surface area contributed by atoms with Gasteiger partial charge in [0.15, 0.2) is 0 Å². The Hall–Kier alpha value is -0.480. The second-order valence-corrected chi connectivity index (χ2v) is 3.56. The van der Waals surface area contributed by atoms with E-state index >= 15 is 0 Å². The van der Waals surface area contributed by atoms with Crippen LogP contribution in [0.4, 0.5) is 0 Å². The zero-order valence-electron chi connectivity index (χ0n) is 9.23. The van der Waals surface area contributed by atoms with Crippen molar-refractivity contribution in [2.24, 2.45) is 5.73 Å². The van der Waals surface area contributed by atoms with Crippen LogP contribution in [0.3, 0.4) is 0 Å². The summed E-state index contributed by atoms with van der Waals surface area (Å²) in [4.78, 5) is 0. The lowest BCUT2D eigenvalue weighted by Crippen LogP contribution is -2.34. The van der Waals surface area contributed by atoms with Crippen LogP contribution in [-0.4, -0.2) is 20.2 Å². The van der Waals surface area contributed by atoms with E-state index in [4.69, 9.17) is 10.5 Å². The number of hydrogen-bond donors (Lipinski definition) is 2. The van der Waals surface area contributed by atoms with Gasteiger partial charge in [0.2, 0.25) is 0 Å². The smallest absolute Gasteiger partial charge is 0.119 e. The molecule has 0 saturated carbocycles. The van der Waals surface area contributed by atoms with Crippen molar-refractivity contribution in [1.29, 1.82) is 0 Å². The molecule has 2 rings (SSSR count). The minimum absolute atomic E-state index is 0. The van der Waals surface area contributed by atoms with Crippen molar-refractivity contribution >= 4 is 24.8 Å². The van der Waals surface area contributed by atoms with E-state index in [-0.39, 0.29) is 30.9 Å². The molecule has 0 radical (unpaired) electrons. The molecule has 16 heavy (non-hydrogen) atoms. The predicted molar refractivity (Wildman–Crippen MR) is 71.0 cm³/mol. The van der Waals surface area contributed by atoms with Crippen LogP contribution in [0, 0.1) is 0 Å². The number of methoxy groups -OCH3 is 1. The number of halogens is 2. The summed E-state index contributed by atoms with van der Waals surface area (Å²) in [5.74, 6) is 0.908. The van der Waals surface area contributed by atoms with E-state index in [2.05, 4.69) is 17.4 Å². The Morgan fingerprint density at radius 3 is 2.81 bits per heavy atom. The molecule has 3 N–H and O–H groups in total. The number of benzene rings is 1. The molecule has 1 aromatic rings. The molecule has 1 heterocycles. The molecule has 1 aromatic carbocycles. The quantitative estimate of drug-likeness (QED) is 0.855. The summed E-state index contributed by atoms with van der Waals surface area (Å²) >= 11 is 0. The highest BCUT2D eigenvalue weighted by atomic mass is 35.5. The highest BCUT2D eigenvalue weighted by Gasteiger charge is 2.18. The molecule has 0 amide bonds. The average molecular weight is 265 g/mol. The summed E-state index contributed by atoms with van der Waals surface area (Å²) in [6.07, 6.45) is 1.08. The fourth-order valence-electron chi connectivity index (χ4n) is 1.95. The summed E-state index contributed by atoms with van der Waals surface area (Å²) in [5, 5.41) is 3.40. The van der Waals surface area contributed by atoms with E-state index in [1.54, 1.807) is 7.11 Å². The molecular formula is C11H18Cl2N2O. The summed E-state index contributed by atoms with van der Waals surface area (Å²) in [6.45, 7) is 1.65. The molecule has 92 valence electrons. The summed E-state index contributed by atoms with van der Waals surface area (Å²) in [6, 6.07) is 6.52. The minimum Gasteiger partial charge on any atom is -0.497 e. The van der Waals surface area contributed by atoms with Crippen molar-refractivity contribution in [2.75, 3.05) is 20.2 Å². The second kappa shape index (κ2) is 6.97. The molecule has 0 fully saturated rings. The van der Waals surface area contributed by atoms with Gasteiger partial charge in [-0.05, 0) is 36.2 Å². The van der Waals surface area contributed by atoms with Crippen LogP contribution in [0.25, 0.3) is 0 Å². The van der Waals surface area contributed by atoms with E-state index in [1.165, 1.54) is 11.1 Å².